The molecule has 3 rings (SSSR count). The zero-order chi connectivity index (χ0) is 18.4. The Morgan fingerprint density at radius 2 is 1.00 bits per heavy atom. The normalized spacial score (nSPS) is 10.7. The number of aromatic nitrogens is 3. The van der Waals surface area contributed by atoms with Gasteiger partial charge in [0.25, 0.3) is 0 Å². The average Bonchev–Trinajstić information content (AvgIpc) is 2.54. The standard InChI is InChI=1S/C18H17N3.3ClH.Ru/c1-12-4-6-19-15(8-12)17-10-14(3)11-18(21-17)16-9-13(2)5-7-20-16;;;;/h4-11H,1-3H3;3*1H;/q;;;;+3/p-3. The van der Waals surface area contributed by atoms with E-state index >= 15 is 0 Å². The molecule has 3 heterocycles. The summed E-state index contributed by atoms with van der Waals surface area (Å²) in [6, 6.07) is 12.2. The number of nitrogens with zero attached hydrogens (tertiary/aromatic N) is 3. The zero-order valence-corrected chi connectivity index (χ0v) is 18.0. The molecule has 25 heavy (non-hydrogen) atoms. The van der Waals surface area contributed by atoms with Gasteiger partial charge >= 0.3 is 42.1 Å². The molecule has 3 aromatic rings. The van der Waals surface area contributed by atoms with Crippen LogP contribution in [0.5, 0.6) is 0 Å². The van der Waals surface area contributed by atoms with E-state index in [-0.39, 0.29) is 0 Å². The zero-order valence-electron chi connectivity index (χ0n) is 13.9. The average molecular weight is 483 g/mol. The van der Waals surface area contributed by atoms with Gasteiger partial charge < -0.3 is 0 Å². The molecule has 0 aliphatic heterocycles. The fraction of sp³-hybridized carbons (Fsp3) is 0.167. The molecule has 3 aromatic heterocycles. The number of hydrogen-bond acceptors (Lipinski definition) is 3. The molecule has 0 bridgehead atoms. The van der Waals surface area contributed by atoms with Gasteiger partial charge in [-0.15, -0.1) is 0 Å². The van der Waals surface area contributed by atoms with Crippen molar-refractivity contribution in [3.05, 3.63) is 65.5 Å². The minimum absolute atomic E-state index is 0.886. The van der Waals surface area contributed by atoms with E-state index in [0.29, 0.717) is 0 Å². The summed E-state index contributed by atoms with van der Waals surface area (Å²) in [7, 11) is 14.8. The maximum absolute atomic E-state index is 4.95. The Hall–Kier alpha value is -1.06. The molecule has 0 saturated heterocycles. The van der Waals surface area contributed by atoms with Crippen molar-refractivity contribution in [3.8, 4) is 22.8 Å². The van der Waals surface area contributed by atoms with Crippen LogP contribution in [0.3, 0.4) is 0 Å². The van der Waals surface area contributed by atoms with Gasteiger partial charge in [-0.05, 0) is 73.9 Å². The van der Waals surface area contributed by atoms with E-state index in [1.165, 1.54) is 11.1 Å². The second kappa shape index (κ2) is 9.59. The Labute approximate surface area is 165 Å². The summed E-state index contributed by atoms with van der Waals surface area (Å²) in [6.45, 7) is 6.19. The van der Waals surface area contributed by atoms with Crippen LogP contribution in [0.15, 0.2) is 48.8 Å². The van der Waals surface area contributed by atoms with Crippen LogP contribution < -0.4 is 0 Å². The van der Waals surface area contributed by atoms with Crippen LogP contribution in [0.4, 0.5) is 0 Å². The first-order valence-corrected chi connectivity index (χ1v) is 14.1. The molecule has 0 saturated carbocycles. The van der Waals surface area contributed by atoms with Crippen LogP contribution >= 0.6 is 29.1 Å². The van der Waals surface area contributed by atoms with Gasteiger partial charge in [-0.3, -0.25) is 9.97 Å². The number of aryl methyl sites for hydroxylation is 3. The first-order valence-electron chi connectivity index (χ1n) is 7.37. The quantitative estimate of drug-likeness (QED) is 0.408. The summed E-state index contributed by atoms with van der Waals surface area (Å²) in [5.41, 5.74) is 7.08. The van der Waals surface area contributed by atoms with Crippen molar-refractivity contribution in [2.75, 3.05) is 0 Å². The molecule has 0 aliphatic carbocycles. The van der Waals surface area contributed by atoms with Gasteiger partial charge in [-0.25, -0.2) is 4.98 Å². The Morgan fingerprint density at radius 1 is 0.640 bits per heavy atom. The summed E-state index contributed by atoms with van der Waals surface area (Å²) >= 11 is -1.75. The SMILES string of the molecule is Cc1ccnc(-c2cc(C)cc(-c3cc(C)ccn3)n2)c1.[Cl][Ru]([Cl])[Cl]. The van der Waals surface area contributed by atoms with Crippen LogP contribution in [-0.2, 0) is 13.0 Å². The summed E-state index contributed by atoms with van der Waals surface area (Å²) in [5.74, 6) is 0. The number of halogens is 3. The number of rotatable bonds is 2. The molecular formula is C18H17Cl3N3Ru. The van der Waals surface area contributed by atoms with Crippen molar-refractivity contribution in [1.82, 2.24) is 15.0 Å². The fourth-order valence-corrected chi connectivity index (χ4v) is 2.28. The van der Waals surface area contributed by atoms with Crippen LogP contribution in [0.2, 0.25) is 0 Å². The van der Waals surface area contributed by atoms with E-state index in [1.807, 2.05) is 24.5 Å². The predicted octanol–water partition coefficient (Wildman–Crippen LogP) is 6.20. The van der Waals surface area contributed by atoms with Crippen molar-refractivity contribution >= 4 is 29.1 Å². The molecule has 0 radical (unpaired) electrons. The molecule has 0 aliphatic rings. The predicted molar refractivity (Wildman–Crippen MR) is 102 cm³/mol. The van der Waals surface area contributed by atoms with Crippen molar-refractivity contribution in [3.63, 3.8) is 0 Å². The second-order valence-corrected chi connectivity index (χ2v) is 13.4. The Kier molecular flexibility index (Phi) is 7.77. The molecule has 133 valence electrons. The summed E-state index contributed by atoms with van der Waals surface area (Å²) in [5, 5.41) is 0. The van der Waals surface area contributed by atoms with Gasteiger partial charge in [-0.1, -0.05) is 0 Å². The van der Waals surface area contributed by atoms with Gasteiger partial charge in [0.2, 0.25) is 0 Å². The summed E-state index contributed by atoms with van der Waals surface area (Å²) in [4.78, 5) is 13.6. The van der Waals surface area contributed by atoms with E-state index in [0.717, 1.165) is 28.3 Å². The first-order chi connectivity index (χ1) is 11.8. The van der Waals surface area contributed by atoms with Gasteiger partial charge in [0.1, 0.15) is 0 Å². The molecule has 7 heteroatoms. The minimum atomic E-state index is -1.75. The molecule has 0 unspecified atom stereocenters. The van der Waals surface area contributed by atoms with Gasteiger partial charge in [-0.2, -0.15) is 0 Å². The van der Waals surface area contributed by atoms with Gasteiger partial charge in [0.05, 0.1) is 22.8 Å². The van der Waals surface area contributed by atoms with E-state index in [2.05, 4.69) is 55.0 Å². The molecule has 0 N–H and O–H groups in total. The molecule has 0 spiro atoms. The van der Waals surface area contributed by atoms with Crippen molar-refractivity contribution in [1.29, 1.82) is 0 Å². The molecular weight excluding hydrogens is 466 g/mol. The van der Waals surface area contributed by atoms with Crippen LogP contribution in [0.1, 0.15) is 16.7 Å². The summed E-state index contributed by atoms with van der Waals surface area (Å²) in [6.07, 6.45) is 3.64. The molecule has 0 aromatic carbocycles. The number of pyridine rings is 3. The Morgan fingerprint density at radius 3 is 1.36 bits per heavy atom. The van der Waals surface area contributed by atoms with Crippen molar-refractivity contribution < 1.29 is 13.0 Å². The van der Waals surface area contributed by atoms with Gasteiger partial charge in [0.15, 0.2) is 0 Å². The van der Waals surface area contributed by atoms with Crippen molar-refractivity contribution in [2.45, 2.75) is 20.8 Å². The molecule has 0 atom stereocenters. The van der Waals surface area contributed by atoms with E-state index in [4.69, 9.17) is 34.1 Å². The van der Waals surface area contributed by atoms with E-state index in [9.17, 15) is 0 Å². The van der Waals surface area contributed by atoms with Gasteiger partial charge in [0, 0.05) is 12.4 Å². The third-order valence-electron chi connectivity index (χ3n) is 3.33. The van der Waals surface area contributed by atoms with E-state index < -0.39 is 13.0 Å². The van der Waals surface area contributed by atoms with Crippen LogP contribution in [-0.4, -0.2) is 15.0 Å². The number of hydrogen-bond donors (Lipinski definition) is 0. The second-order valence-electron chi connectivity index (χ2n) is 5.50. The first kappa shape index (κ1) is 20.3. The fourth-order valence-electron chi connectivity index (χ4n) is 2.28. The third kappa shape index (κ3) is 6.64. The monoisotopic (exact) mass is 482 g/mol. The van der Waals surface area contributed by atoms with Crippen LogP contribution in [0.25, 0.3) is 22.8 Å². The molecule has 3 nitrogen and oxygen atoms in total. The van der Waals surface area contributed by atoms with Crippen molar-refractivity contribution in [2.24, 2.45) is 0 Å². The van der Waals surface area contributed by atoms with Crippen LogP contribution in [0, 0.1) is 20.8 Å². The third-order valence-corrected chi connectivity index (χ3v) is 3.33. The summed E-state index contributed by atoms with van der Waals surface area (Å²) < 4.78 is 0. The molecule has 0 fully saturated rings. The Balaban J connectivity index is 0.000000511. The maximum atomic E-state index is 4.95. The molecule has 0 amide bonds. The topological polar surface area (TPSA) is 38.7 Å². The van der Waals surface area contributed by atoms with E-state index in [1.54, 1.807) is 0 Å². The Bertz CT molecular complexity index is 790.